The monoisotopic (exact) mass is 539 g/mol. The average Bonchev–Trinajstić information content (AvgIpc) is 3.23. The third-order valence-corrected chi connectivity index (χ3v) is 7.48. The number of aryl methyl sites for hydroxylation is 1. The SMILES string of the molecule is Cc1cc(/C=N/NC(=O)c2ccc(CN3CCN(Cc4ccccc4)CC3)cc2)c(C)n1-c1cccc(Cl)c1. The Morgan fingerprint density at radius 1 is 0.846 bits per heavy atom. The summed E-state index contributed by atoms with van der Waals surface area (Å²) >= 11 is 6.18. The van der Waals surface area contributed by atoms with Crippen LogP contribution in [0.15, 0.2) is 90.0 Å². The summed E-state index contributed by atoms with van der Waals surface area (Å²) in [5.41, 5.74) is 9.85. The van der Waals surface area contributed by atoms with Crippen LogP contribution in [0.4, 0.5) is 0 Å². The van der Waals surface area contributed by atoms with Gasteiger partial charge in [-0.15, -0.1) is 0 Å². The van der Waals surface area contributed by atoms with Gasteiger partial charge in [0.05, 0.1) is 6.21 Å². The van der Waals surface area contributed by atoms with Crippen LogP contribution in [-0.4, -0.2) is 52.7 Å². The lowest BCUT2D eigenvalue weighted by Gasteiger charge is -2.34. The van der Waals surface area contributed by atoms with Gasteiger partial charge in [-0.1, -0.05) is 60.1 Å². The molecular formula is C32H34ClN5O. The van der Waals surface area contributed by atoms with Crippen LogP contribution in [0.5, 0.6) is 0 Å². The predicted molar refractivity (Wildman–Crippen MR) is 159 cm³/mol. The Labute approximate surface area is 235 Å². The highest BCUT2D eigenvalue weighted by molar-refractivity contribution is 6.30. The summed E-state index contributed by atoms with van der Waals surface area (Å²) < 4.78 is 2.12. The molecule has 1 fully saturated rings. The fraction of sp³-hybridized carbons (Fsp3) is 0.250. The number of hydrogen-bond acceptors (Lipinski definition) is 4. The van der Waals surface area contributed by atoms with E-state index in [0.29, 0.717) is 10.6 Å². The third kappa shape index (κ3) is 6.84. The molecule has 1 aromatic heterocycles. The number of nitrogens with one attached hydrogen (secondary N) is 1. The van der Waals surface area contributed by atoms with Crippen molar-refractivity contribution in [2.45, 2.75) is 26.9 Å². The number of halogens is 1. The average molecular weight is 540 g/mol. The molecule has 3 aromatic carbocycles. The van der Waals surface area contributed by atoms with E-state index >= 15 is 0 Å². The number of benzene rings is 3. The third-order valence-electron chi connectivity index (χ3n) is 7.24. The Balaban J connectivity index is 1.12. The van der Waals surface area contributed by atoms with E-state index in [9.17, 15) is 4.79 Å². The molecule has 1 aliphatic rings. The minimum atomic E-state index is -0.226. The highest BCUT2D eigenvalue weighted by Gasteiger charge is 2.17. The Morgan fingerprint density at radius 3 is 2.13 bits per heavy atom. The normalized spacial score (nSPS) is 14.6. The maximum Gasteiger partial charge on any atom is 0.271 e. The van der Waals surface area contributed by atoms with Crippen molar-refractivity contribution in [1.82, 2.24) is 19.8 Å². The van der Waals surface area contributed by atoms with Crippen LogP contribution in [0.1, 0.15) is 38.4 Å². The summed E-state index contributed by atoms with van der Waals surface area (Å²) in [6, 6.07) is 28.2. The van der Waals surface area contributed by atoms with Gasteiger partial charge in [0.1, 0.15) is 0 Å². The molecule has 1 N–H and O–H groups in total. The minimum absolute atomic E-state index is 0.226. The highest BCUT2D eigenvalue weighted by Crippen LogP contribution is 2.22. The summed E-state index contributed by atoms with van der Waals surface area (Å²) in [5.74, 6) is -0.226. The number of amides is 1. The summed E-state index contributed by atoms with van der Waals surface area (Å²) in [6.07, 6.45) is 1.69. The molecule has 200 valence electrons. The van der Waals surface area contributed by atoms with Gasteiger partial charge in [0.2, 0.25) is 0 Å². The van der Waals surface area contributed by atoms with Crippen LogP contribution < -0.4 is 5.43 Å². The topological polar surface area (TPSA) is 52.9 Å². The van der Waals surface area contributed by atoms with Crippen LogP contribution >= 0.6 is 11.6 Å². The van der Waals surface area contributed by atoms with Gasteiger partial charge in [-0.2, -0.15) is 5.10 Å². The maximum absolute atomic E-state index is 12.7. The van der Waals surface area contributed by atoms with Crippen LogP contribution in [-0.2, 0) is 13.1 Å². The van der Waals surface area contributed by atoms with Gasteiger partial charge in [0.15, 0.2) is 0 Å². The van der Waals surface area contributed by atoms with Crippen molar-refractivity contribution in [3.05, 3.63) is 124 Å². The van der Waals surface area contributed by atoms with Gasteiger partial charge in [0, 0.05) is 72.5 Å². The van der Waals surface area contributed by atoms with E-state index in [0.717, 1.165) is 61.9 Å². The lowest BCUT2D eigenvalue weighted by molar-refractivity contribution is 0.0955. The number of nitrogens with zero attached hydrogens (tertiary/aromatic N) is 4. The molecule has 1 saturated heterocycles. The van der Waals surface area contributed by atoms with Crippen molar-refractivity contribution in [1.29, 1.82) is 0 Å². The quantitative estimate of drug-likeness (QED) is 0.226. The second kappa shape index (κ2) is 12.4. The number of rotatable bonds is 8. The van der Waals surface area contributed by atoms with Gasteiger partial charge in [-0.05, 0) is 61.4 Å². The lowest BCUT2D eigenvalue weighted by Crippen LogP contribution is -2.45. The van der Waals surface area contributed by atoms with E-state index in [4.69, 9.17) is 11.6 Å². The van der Waals surface area contributed by atoms with Crippen LogP contribution in [0, 0.1) is 13.8 Å². The summed E-state index contributed by atoms with van der Waals surface area (Å²) in [6.45, 7) is 10.2. The van der Waals surface area contributed by atoms with Gasteiger partial charge >= 0.3 is 0 Å². The van der Waals surface area contributed by atoms with E-state index in [2.05, 4.69) is 55.2 Å². The molecule has 1 amide bonds. The molecule has 6 nitrogen and oxygen atoms in total. The Kier molecular flexibility index (Phi) is 8.57. The number of hydrazone groups is 1. The summed E-state index contributed by atoms with van der Waals surface area (Å²) in [4.78, 5) is 17.7. The van der Waals surface area contributed by atoms with Gasteiger partial charge in [-0.3, -0.25) is 14.6 Å². The van der Waals surface area contributed by atoms with E-state index in [1.807, 2.05) is 68.4 Å². The summed E-state index contributed by atoms with van der Waals surface area (Å²) in [5, 5.41) is 4.91. The van der Waals surface area contributed by atoms with E-state index in [-0.39, 0.29) is 5.91 Å². The Hall–Kier alpha value is -3.71. The molecule has 39 heavy (non-hydrogen) atoms. The number of carbonyl (C=O) groups is 1. The second-order valence-corrected chi connectivity index (χ2v) is 10.5. The van der Waals surface area contributed by atoms with Crippen molar-refractivity contribution in [2.24, 2.45) is 5.10 Å². The minimum Gasteiger partial charge on any atom is -0.318 e. The van der Waals surface area contributed by atoms with Crippen molar-refractivity contribution in [2.75, 3.05) is 26.2 Å². The first-order valence-corrected chi connectivity index (χ1v) is 13.7. The molecule has 5 rings (SSSR count). The van der Waals surface area contributed by atoms with Crippen LogP contribution in [0.25, 0.3) is 5.69 Å². The van der Waals surface area contributed by atoms with E-state index < -0.39 is 0 Å². The number of hydrogen-bond donors (Lipinski definition) is 1. The fourth-order valence-electron chi connectivity index (χ4n) is 5.12. The molecule has 1 aliphatic heterocycles. The largest absolute Gasteiger partial charge is 0.318 e. The molecule has 2 heterocycles. The zero-order chi connectivity index (χ0) is 27.2. The zero-order valence-electron chi connectivity index (χ0n) is 22.5. The first-order chi connectivity index (χ1) is 19.0. The van der Waals surface area contributed by atoms with Crippen LogP contribution in [0.2, 0.25) is 5.02 Å². The zero-order valence-corrected chi connectivity index (χ0v) is 23.2. The number of carbonyl (C=O) groups excluding carboxylic acids is 1. The number of piperazine rings is 1. The first kappa shape index (κ1) is 26.9. The first-order valence-electron chi connectivity index (χ1n) is 13.3. The number of aromatic nitrogens is 1. The molecule has 4 aromatic rings. The molecule has 0 saturated carbocycles. The molecule has 0 aliphatic carbocycles. The van der Waals surface area contributed by atoms with E-state index in [1.54, 1.807) is 6.21 Å². The van der Waals surface area contributed by atoms with Crippen LogP contribution in [0.3, 0.4) is 0 Å². The Morgan fingerprint density at radius 2 is 1.49 bits per heavy atom. The maximum atomic E-state index is 12.7. The molecule has 0 spiro atoms. The van der Waals surface area contributed by atoms with Crippen molar-refractivity contribution in [3.8, 4) is 5.69 Å². The van der Waals surface area contributed by atoms with Crippen molar-refractivity contribution in [3.63, 3.8) is 0 Å². The fourth-order valence-corrected chi connectivity index (χ4v) is 5.31. The molecule has 0 radical (unpaired) electrons. The molecule has 7 heteroatoms. The molecule has 0 atom stereocenters. The van der Waals surface area contributed by atoms with E-state index in [1.165, 1.54) is 11.1 Å². The molecule has 0 bridgehead atoms. The summed E-state index contributed by atoms with van der Waals surface area (Å²) in [7, 11) is 0. The second-order valence-electron chi connectivity index (χ2n) is 10.1. The standard InChI is InChI=1S/C32H34ClN5O/c1-24-19-29(25(2)38(24)31-10-6-9-30(33)20-31)21-34-35-32(39)28-13-11-27(12-14-28)23-37-17-15-36(16-18-37)22-26-7-4-3-5-8-26/h3-14,19-21H,15-18,22-23H2,1-2H3,(H,35,39)/b34-21+. The molecular weight excluding hydrogens is 506 g/mol. The lowest BCUT2D eigenvalue weighted by atomic mass is 10.1. The van der Waals surface area contributed by atoms with Gasteiger partial charge in [0.25, 0.3) is 5.91 Å². The molecule has 0 unspecified atom stereocenters. The van der Waals surface area contributed by atoms with Crippen molar-refractivity contribution >= 4 is 23.7 Å². The smallest absolute Gasteiger partial charge is 0.271 e. The Bertz CT molecular complexity index is 1440. The predicted octanol–water partition coefficient (Wildman–Crippen LogP) is 5.83. The highest BCUT2D eigenvalue weighted by atomic mass is 35.5. The van der Waals surface area contributed by atoms with Gasteiger partial charge in [-0.25, -0.2) is 5.43 Å². The van der Waals surface area contributed by atoms with Crippen molar-refractivity contribution < 1.29 is 4.79 Å². The van der Waals surface area contributed by atoms with Gasteiger partial charge < -0.3 is 4.57 Å².